The van der Waals surface area contributed by atoms with Gasteiger partial charge in [0.15, 0.2) is 0 Å². The number of methoxy groups -OCH3 is 1. The van der Waals surface area contributed by atoms with Crippen LogP contribution in [0.2, 0.25) is 0 Å². The van der Waals surface area contributed by atoms with E-state index in [9.17, 15) is 22.8 Å². The topological polar surface area (TPSA) is 68.3 Å². The average molecular weight is 416 g/mol. The number of aromatic nitrogens is 1. The second-order valence-corrected chi connectivity index (χ2v) is 6.72. The summed E-state index contributed by atoms with van der Waals surface area (Å²) in [6.45, 7) is 0. The number of ether oxygens (including phenoxy) is 1. The summed E-state index contributed by atoms with van der Waals surface area (Å²) in [5.41, 5.74) is 0.671. The van der Waals surface area contributed by atoms with E-state index in [1.807, 2.05) is 30.3 Å². The molecule has 0 saturated heterocycles. The number of carbonyl (C=O) groups excluding carboxylic acids is 2. The van der Waals surface area contributed by atoms with Crippen molar-refractivity contribution in [2.75, 3.05) is 7.11 Å². The molecule has 30 heavy (non-hydrogen) atoms. The second-order valence-electron chi connectivity index (χ2n) is 6.72. The van der Waals surface area contributed by atoms with Gasteiger partial charge in [-0.1, -0.05) is 42.5 Å². The zero-order valence-corrected chi connectivity index (χ0v) is 16.1. The molecule has 1 N–H and O–H groups in total. The predicted molar refractivity (Wildman–Crippen MR) is 105 cm³/mol. The maximum Gasteiger partial charge on any atom is 0.416 e. The molecule has 1 heterocycles. The van der Waals surface area contributed by atoms with E-state index in [0.29, 0.717) is 5.69 Å². The molecule has 8 heteroatoms. The van der Waals surface area contributed by atoms with Gasteiger partial charge >= 0.3 is 12.1 Å². The fourth-order valence-corrected chi connectivity index (χ4v) is 3.05. The number of amides is 1. The van der Waals surface area contributed by atoms with Gasteiger partial charge in [-0.05, 0) is 23.8 Å². The molecule has 5 nitrogen and oxygen atoms in total. The van der Waals surface area contributed by atoms with Crippen molar-refractivity contribution >= 4 is 22.8 Å². The fraction of sp³-hybridized carbons (Fsp3) is 0.227. The van der Waals surface area contributed by atoms with Crippen LogP contribution in [-0.4, -0.2) is 30.0 Å². The van der Waals surface area contributed by atoms with E-state index in [-0.39, 0.29) is 18.4 Å². The van der Waals surface area contributed by atoms with Crippen molar-refractivity contribution in [2.45, 2.75) is 25.1 Å². The van der Waals surface area contributed by atoms with Crippen LogP contribution in [0, 0.1) is 0 Å². The highest BCUT2D eigenvalue weighted by atomic mass is 19.4. The van der Waals surface area contributed by atoms with Crippen LogP contribution in [0.5, 0.6) is 0 Å². The molecule has 0 saturated carbocycles. The van der Waals surface area contributed by atoms with Gasteiger partial charge in [0.25, 0.3) is 0 Å². The molecule has 156 valence electrons. The number of esters is 1. The van der Waals surface area contributed by atoms with Gasteiger partial charge in [0.2, 0.25) is 5.91 Å². The van der Waals surface area contributed by atoms with Crippen LogP contribution in [0.1, 0.15) is 16.8 Å². The van der Waals surface area contributed by atoms with Gasteiger partial charge in [-0.15, -0.1) is 0 Å². The Labute approximate surface area is 170 Å². The van der Waals surface area contributed by atoms with Gasteiger partial charge in [-0.3, -0.25) is 9.78 Å². The molecule has 0 aliphatic carbocycles. The van der Waals surface area contributed by atoms with Crippen molar-refractivity contribution < 1.29 is 27.5 Å². The quantitative estimate of drug-likeness (QED) is 0.623. The van der Waals surface area contributed by atoms with Crippen molar-refractivity contribution in [2.24, 2.45) is 0 Å². The summed E-state index contributed by atoms with van der Waals surface area (Å²) < 4.78 is 43.3. The summed E-state index contributed by atoms with van der Waals surface area (Å²) in [7, 11) is 1.20. The molecule has 0 unspecified atom stereocenters. The van der Waals surface area contributed by atoms with Crippen molar-refractivity contribution in [1.82, 2.24) is 10.3 Å². The molecule has 0 aliphatic rings. The van der Waals surface area contributed by atoms with Gasteiger partial charge in [-0.25, -0.2) is 4.79 Å². The minimum atomic E-state index is -4.50. The number of nitrogens with one attached hydrogen (secondary N) is 1. The van der Waals surface area contributed by atoms with E-state index in [0.717, 1.165) is 23.0 Å². The summed E-state index contributed by atoms with van der Waals surface area (Å²) in [6, 6.07) is 14.6. The first-order valence-electron chi connectivity index (χ1n) is 9.14. The lowest BCUT2D eigenvalue weighted by atomic mass is 10.1. The van der Waals surface area contributed by atoms with Crippen molar-refractivity contribution in [3.05, 3.63) is 77.5 Å². The van der Waals surface area contributed by atoms with Gasteiger partial charge in [0, 0.05) is 17.5 Å². The number of para-hydroxylation sites is 1. The highest BCUT2D eigenvalue weighted by Crippen LogP contribution is 2.29. The Morgan fingerprint density at radius 2 is 1.83 bits per heavy atom. The Morgan fingerprint density at radius 3 is 2.57 bits per heavy atom. The Morgan fingerprint density at radius 1 is 1.07 bits per heavy atom. The number of benzene rings is 2. The number of halogens is 3. The number of alkyl halides is 3. The van der Waals surface area contributed by atoms with Crippen LogP contribution >= 0.6 is 0 Å². The molecule has 0 fully saturated rings. The summed E-state index contributed by atoms with van der Waals surface area (Å²) >= 11 is 0. The van der Waals surface area contributed by atoms with Crippen LogP contribution in [-0.2, 0) is 33.3 Å². The fourth-order valence-electron chi connectivity index (χ4n) is 3.05. The van der Waals surface area contributed by atoms with Gasteiger partial charge in [0.1, 0.15) is 6.04 Å². The van der Waals surface area contributed by atoms with E-state index in [4.69, 9.17) is 4.74 Å². The third-order valence-electron chi connectivity index (χ3n) is 4.51. The van der Waals surface area contributed by atoms with Gasteiger partial charge in [0.05, 0.1) is 24.6 Å². The second kappa shape index (κ2) is 8.94. The van der Waals surface area contributed by atoms with Crippen LogP contribution < -0.4 is 5.32 Å². The molecule has 3 aromatic rings. The van der Waals surface area contributed by atoms with Crippen LogP contribution in [0.4, 0.5) is 13.2 Å². The number of carbonyl (C=O) groups is 2. The van der Waals surface area contributed by atoms with E-state index >= 15 is 0 Å². The van der Waals surface area contributed by atoms with Crippen molar-refractivity contribution in [3.8, 4) is 0 Å². The maximum atomic E-state index is 12.9. The summed E-state index contributed by atoms with van der Waals surface area (Å²) in [5, 5.41) is 3.47. The zero-order valence-electron chi connectivity index (χ0n) is 16.1. The number of nitrogens with zero attached hydrogens (tertiary/aromatic N) is 1. The Hall–Kier alpha value is -3.42. The van der Waals surface area contributed by atoms with E-state index in [2.05, 4.69) is 10.3 Å². The number of pyridine rings is 1. The molecule has 1 amide bonds. The highest BCUT2D eigenvalue weighted by molar-refractivity contribution is 5.86. The lowest BCUT2D eigenvalue weighted by Crippen LogP contribution is -2.43. The molecule has 2 aromatic carbocycles. The highest BCUT2D eigenvalue weighted by Gasteiger charge is 2.30. The van der Waals surface area contributed by atoms with Gasteiger partial charge in [-0.2, -0.15) is 13.2 Å². The molecule has 0 aliphatic heterocycles. The monoisotopic (exact) mass is 416 g/mol. The van der Waals surface area contributed by atoms with Crippen molar-refractivity contribution in [3.63, 3.8) is 0 Å². The van der Waals surface area contributed by atoms with E-state index in [1.54, 1.807) is 6.07 Å². The molecule has 1 atom stereocenters. The SMILES string of the molecule is COC(=O)[C@@H](Cc1ccc2ccccc2n1)NC(=O)Cc1cccc(C(F)(F)F)c1. The lowest BCUT2D eigenvalue weighted by Gasteiger charge is -2.17. The zero-order chi connectivity index (χ0) is 21.7. The molecular weight excluding hydrogens is 397 g/mol. The molecule has 1 aromatic heterocycles. The summed E-state index contributed by atoms with van der Waals surface area (Å²) in [6.07, 6.45) is -4.71. The van der Waals surface area contributed by atoms with E-state index < -0.39 is 29.7 Å². The first-order valence-corrected chi connectivity index (χ1v) is 9.14. The predicted octanol–water partition coefficient (Wildman–Crippen LogP) is 3.70. The minimum absolute atomic E-state index is 0.0891. The normalized spacial score (nSPS) is 12.4. The van der Waals surface area contributed by atoms with Gasteiger partial charge < -0.3 is 10.1 Å². The maximum absolute atomic E-state index is 12.9. The first kappa shape index (κ1) is 21.3. The van der Waals surface area contributed by atoms with Crippen LogP contribution in [0.3, 0.4) is 0 Å². The molecule has 0 spiro atoms. The summed E-state index contributed by atoms with van der Waals surface area (Å²) in [4.78, 5) is 29.0. The molecular formula is C22H19F3N2O3. The molecule has 0 radical (unpaired) electrons. The van der Waals surface area contributed by atoms with Crippen molar-refractivity contribution in [1.29, 1.82) is 0 Å². The number of hydrogen-bond acceptors (Lipinski definition) is 4. The molecule has 0 bridgehead atoms. The Bertz CT molecular complexity index is 1070. The minimum Gasteiger partial charge on any atom is -0.467 e. The Balaban J connectivity index is 1.72. The summed E-state index contributed by atoms with van der Waals surface area (Å²) in [5.74, 6) is -1.26. The number of rotatable bonds is 6. The van der Waals surface area contributed by atoms with Crippen LogP contribution in [0.15, 0.2) is 60.7 Å². The van der Waals surface area contributed by atoms with Crippen LogP contribution in [0.25, 0.3) is 10.9 Å². The standard InChI is InChI=1S/C22H19F3N2O3/c1-30-21(29)19(13-17-10-9-15-6-2-3-8-18(15)26-17)27-20(28)12-14-5-4-7-16(11-14)22(23,24)25/h2-11,19H,12-13H2,1H3,(H,27,28)/t19-/m1/s1. The third kappa shape index (κ3) is 5.34. The third-order valence-corrected chi connectivity index (χ3v) is 4.51. The lowest BCUT2D eigenvalue weighted by molar-refractivity contribution is -0.145. The smallest absolute Gasteiger partial charge is 0.416 e. The number of fused-ring (bicyclic) bond motifs is 1. The molecule has 3 rings (SSSR count). The average Bonchev–Trinajstić information content (AvgIpc) is 2.72. The largest absolute Gasteiger partial charge is 0.467 e. The first-order chi connectivity index (χ1) is 14.3. The van der Waals surface area contributed by atoms with E-state index in [1.165, 1.54) is 19.2 Å². The number of hydrogen-bond donors (Lipinski definition) is 1. The Kier molecular flexibility index (Phi) is 6.34.